The number of carbonyl (C=O) groups is 2. The van der Waals surface area contributed by atoms with Crippen LogP contribution in [0.4, 0.5) is 0 Å². The van der Waals surface area contributed by atoms with Gasteiger partial charge in [-0.05, 0) is 65.4 Å². The van der Waals surface area contributed by atoms with E-state index >= 15 is 0 Å². The number of furan rings is 1. The highest BCUT2D eigenvalue weighted by atomic mass is 16.5. The van der Waals surface area contributed by atoms with E-state index in [2.05, 4.69) is 32.9 Å². The molecule has 1 aliphatic rings. The van der Waals surface area contributed by atoms with E-state index in [4.69, 9.17) is 18.6 Å². The van der Waals surface area contributed by atoms with Crippen LogP contribution in [0.5, 0.6) is 17.2 Å². The minimum atomic E-state index is -0.578. The van der Waals surface area contributed by atoms with Gasteiger partial charge in [0.15, 0.2) is 5.76 Å². The lowest BCUT2D eigenvalue weighted by molar-refractivity contribution is 0.0734. The second kappa shape index (κ2) is 10.7. The molecule has 0 unspecified atom stereocenters. The van der Waals surface area contributed by atoms with E-state index in [-0.39, 0.29) is 22.7 Å². The van der Waals surface area contributed by atoms with Crippen LogP contribution in [0.1, 0.15) is 63.9 Å². The quantitative estimate of drug-likeness (QED) is 0.118. The zero-order valence-corrected chi connectivity index (χ0v) is 23.9. The first-order valence-corrected chi connectivity index (χ1v) is 13.8. The summed E-state index contributed by atoms with van der Waals surface area (Å²) in [4.78, 5) is 26.3. The highest BCUT2D eigenvalue weighted by Crippen LogP contribution is 2.36. The highest BCUT2D eigenvalue weighted by molar-refractivity contribution is 6.14. The Kier molecular flexibility index (Phi) is 6.91. The fourth-order valence-electron chi connectivity index (χ4n) is 4.90. The lowest BCUT2D eigenvalue weighted by atomic mass is 9.86. The minimum absolute atomic E-state index is 0.0368. The van der Waals surface area contributed by atoms with Gasteiger partial charge in [-0.25, -0.2) is 4.79 Å². The number of hydrogen-bond donors (Lipinski definition) is 0. The van der Waals surface area contributed by atoms with Gasteiger partial charge in [-0.1, -0.05) is 75.4 Å². The smallest absolute Gasteiger partial charge is 0.347 e. The minimum Gasteiger partial charge on any atom is -0.489 e. The molecule has 0 atom stereocenters. The molecule has 0 N–H and O–H groups in total. The third-order valence-electron chi connectivity index (χ3n) is 7.21. The largest absolute Gasteiger partial charge is 0.489 e. The number of allylic oxidation sites excluding steroid dienone is 1. The Balaban J connectivity index is 1.19. The number of Topliss-reactive ketones (excluding diaryl/α,β-unsaturated/α-hetero) is 1. The summed E-state index contributed by atoms with van der Waals surface area (Å²) in [7, 11) is 0. The zero-order valence-electron chi connectivity index (χ0n) is 23.9. The molecule has 0 saturated heterocycles. The average Bonchev–Trinajstić information content (AvgIpc) is 3.46. The molecular weight excluding hydrogens is 528 g/mol. The predicted octanol–water partition coefficient (Wildman–Crippen LogP) is 8.45. The molecule has 6 heteroatoms. The molecule has 0 saturated carbocycles. The maximum absolute atomic E-state index is 13.3. The molecule has 6 nitrogen and oxygen atoms in total. The van der Waals surface area contributed by atoms with Gasteiger partial charge in [-0.3, -0.25) is 4.79 Å². The maximum Gasteiger partial charge on any atom is 0.347 e. The Morgan fingerprint density at radius 3 is 2.36 bits per heavy atom. The number of fused-ring (bicyclic) bond motifs is 2. The third kappa shape index (κ3) is 5.44. The van der Waals surface area contributed by atoms with Crippen LogP contribution in [-0.2, 0) is 12.0 Å². The summed E-state index contributed by atoms with van der Waals surface area (Å²) in [5, 5.41) is 0.596. The lowest BCUT2D eigenvalue weighted by Gasteiger charge is -2.18. The van der Waals surface area contributed by atoms with Crippen molar-refractivity contribution in [3.63, 3.8) is 0 Å². The van der Waals surface area contributed by atoms with Crippen LogP contribution in [0.2, 0.25) is 0 Å². The summed E-state index contributed by atoms with van der Waals surface area (Å²) in [6, 6.07) is 28.0. The molecule has 1 aromatic heterocycles. The van der Waals surface area contributed by atoms with Gasteiger partial charge in [0, 0.05) is 11.5 Å². The van der Waals surface area contributed by atoms with Gasteiger partial charge in [0.2, 0.25) is 5.78 Å². The summed E-state index contributed by atoms with van der Waals surface area (Å²) in [5.74, 6) is 1.06. The third-order valence-corrected chi connectivity index (χ3v) is 7.21. The van der Waals surface area contributed by atoms with Crippen molar-refractivity contribution >= 4 is 28.8 Å². The average molecular weight is 559 g/mol. The summed E-state index contributed by atoms with van der Waals surface area (Å²) in [5.41, 5.74) is 4.42. The molecule has 0 fully saturated rings. The van der Waals surface area contributed by atoms with E-state index < -0.39 is 5.97 Å². The summed E-state index contributed by atoms with van der Waals surface area (Å²) in [6.07, 6.45) is 1.72. The molecule has 6 rings (SSSR count). The van der Waals surface area contributed by atoms with Gasteiger partial charge < -0.3 is 18.6 Å². The van der Waals surface area contributed by atoms with E-state index in [1.165, 1.54) is 5.56 Å². The van der Waals surface area contributed by atoms with E-state index in [9.17, 15) is 9.59 Å². The fraction of sp³-hybridized carbons (Fsp3) is 0.167. The Morgan fingerprint density at radius 1 is 0.881 bits per heavy atom. The first-order chi connectivity index (χ1) is 20.2. The summed E-state index contributed by atoms with van der Waals surface area (Å²) < 4.78 is 23.4. The normalized spacial score (nSPS) is 13.7. The number of aryl methyl sites for hydroxylation is 1. The monoisotopic (exact) mass is 558 g/mol. The van der Waals surface area contributed by atoms with Gasteiger partial charge in [-0.15, -0.1) is 0 Å². The van der Waals surface area contributed by atoms with Gasteiger partial charge >= 0.3 is 5.97 Å². The van der Waals surface area contributed by atoms with Crippen molar-refractivity contribution in [1.29, 1.82) is 0 Å². The maximum atomic E-state index is 13.3. The number of rotatable bonds is 6. The number of hydrogen-bond acceptors (Lipinski definition) is 6. The van der Waals surface area contributed by atoms with Crippen molar-refractivity contribution in [2.75, 3.05) is 0 Å². The van der Waals surface area contributed by atoms with E-state index in [0.717, 1.165) is 11.1 Å². The standard InChI is InChI=1S/C36H30O6/c1-22-33(29-19-26(15-17-30(29)40-22)39-21-24-8-6-5-7-9-24)35(38)41-27-14-16-28-31(20-27)42-32(34(28)37)18-23-10-12-25(13-11-23)36(2,3)4/h5-20H,21H2,1-4H3/b32-18-. The van der Waals surface area contributed by atoms with Crippen LogP contribution < -0.4 is 14.2 Å². The second-order valence-electron chi connectivity index (χ2n) is 11.3. The molecule has 0 radical (unpaired) electrons. The second-order valence-corrected chi connectivity index (χ2v) is 11.3. The van der Waals surface area contributed by atoms with Crippen molar-refractivity contribution in [1.82, 2.24) is 0 Å². The summed E-state index contributed by atoms with van der Waals surface area (Å²) in [6.45, 7) is 8.58. The van der Waals surface area contributed by atoms with Crippen LogP contribution in [0.15, 0.2) is 101 Å². The number of esters is 1. The molecule has 0 amide bonds. The predicted molar refractivity (Wildman–Crippen MR) is 161 cm³/mol. The van der Waals surface area contributed by atoms with Crippen LogP contribution >= 0.6 is 0 Å². The number of benzene rings is 4. The molecule has 2 heterocycles. The first-order valence-electron chi connectivity index (χ1n) is 13.8. The molecule has 0 aliphatic carbocycles. The van der Waals surface area contributed by atoms with Gasteiger partial charge in [0.1, 0.15) is 40.8 Å². The van der Waals surface area contributed by atoms with Crippen LogP contribution in [-0.4, -0.2) is 11.8 Å². The Morgan fingerprint density at radius 2 is 1.62 bits per heavy atom. The first kappa shape index (κ1) is 27.1. The van der Waals surface area contributed by atoms with Crippen molar-refractivity contribution in [2.24, 2.45) is 0 Å². The van der Waals surface area contributed by atoms with Gasteiger partial charge in [-0.2, -0.15) is 0 Å². The molecule has 42 heavy (non-hydrogen) atoms. The Labute approximate surface area is 244 Å². The summed E-state index contributed by atoms with van der Waals surface area (Å²) >= 11 is 0. The number of ether oxygens (including phenoxy) is 3. The molecule has 0 spiro atoms. The van der Waals surface area contributed by atoms with Gasteiger partial charge in [0.05, 0.1) is 5.56 Å². The van der Waals surface area contributed by atoms with Gasteiger partial charge in [0.25, 0.3) is 0 Å². The van der Waals surface area contributed by atoms with Crippen LogP contribution in [0, 0.1) is 6.92 Å². The van der Waals surface area contributed by atoms with E-state index in [0.29, 0.717) is 46.0 Å². The zero-order chi connectivity index (χ0) is 29.4. The van der Waals surface area contributed by atoms with Crippen LogP contribution in [0.25, 0.3) is 17.0 Å². The Hall–Kier alpha value is -5.10. The molecule has 210 valence electrons. The SMILES string of the molecule is Cc1oc2ccc(OCc3ccccc3)cc2c1C(=O)Oc1ccc2c(c1)O/C(=C\c1ccc(C(C)(C)C)cc1)C2=O. The van der Waals surface area contributed by atoms with Crippen molar-refractivity contribution in [3.8, 4) is 17.2 Å². The molecule has 5 aromatic rings. The molecule has 1 aliphatic heterocycles. The van der Waals surface area contributed by atoms with Crippen molar-refractivity contribution < 1.29 is 28.2 Å². The van der Waals surface area contributed by atoms with Crippen LogP contribution in [0.3, 0.4) is 0 Å². The Bertz CT molecular complexity index is 1840. The highest BCUT2D eigenvalue weighted by Gasteiger charge is 2.29. The lowest BCUT2D eigenvalue weighted by Crippen LogP contribution is -2.10. The fourth-order valence-corrected chi connectivity index (χ4v) is 4.90. The molecule has 4 aromatic carbocycles. The van der Waals surface area contributed by atoms with Crippen molar-refractivity contribution in [3.05, 3.63) is 130 Å². The number of ketones is 1. The number of carbonyl (C=O) groups excluding carboxylic acids is 2. The molecular formula is C36H30O6. The topological polar surface area (TPSA) is 75.0 Å². The van der Waals surface area contributed by atoms with Crippen molar-refractivity contribution in [2.45, 2.75) is 39.7 Å². The van der Waals surface area contributed by atoms with E-state index in [1.54, 1.807) is 43.3 Å². The van der Waals surface area contributed by atoms with E-state index in [1.807, 2.05) is 48.5 Å². The molecule has 0 bridgehead atoms.